The number of amides is 3. The monoisotopic (exact) mass is 330 g/mol. The van der Waals surface area contributed by atoms with Crippen LogP contribution in [-0.2, 0) is 4.79 Å². The second-order valence-corrected chi connectivity index (χ2v) is 5.60. The first-order valence-corrected chi connectivity index (χ1v) is 7.54. The lowest BCUT2D eigenvalue weighted by Crippen LogP contribution is -2.39. The van der Waals surface area contributed by atoms with Crippen LogP contribution in [0.2, 0.25) is 5.15 Å². The highest BCUT2D eigenvalue weighted by atomic mass is 35.5. The first kappa shape index (κ1) is 15.3. The lowest BCUT2D eigenvalue weighted by Gasteiger charge is -2.17. The third-order valence-corrected chi connectivity index (χ3v) is 3.74. The molecule has 1 aromatic heterocycles. The van der Waals surface area contributed by atoms with Crippen molar-refractivity contribution in [2.45, 2.75) is 12.5 Å². The van der Waals surface area contributed by atoms with Crippen molar-refractivity contribution in [3.05, 3.63) is 53.8 Å². The number of benzene rings is 1. The maximum Gasteiger partial charge on any atom is 0.319 e. The zero-order valence-corrected chi connectivity index (χ0v) is 13.0. The molecule has 1 fully saturated rings. The third kappa shape index (κ3) is 3.78. The minimum absolute atomic E-state index is 0.00494. The Morgan fingerprint density at radius 3 is 2.70 bits per heavy atom. The van der Waals surface area contributed by atoms with Gasteiger partial charge in [-0.2, -0.15) is 0 Å². The molecule has 0 radical (unpaired) electrons. The molecule has 2 heterocycles. The molecular formula is C16H15ClN4O2. The molecule has 7 heteroatoms. The van der Waals surface area contributed by atoms with E-state index in [1.54, 1.807) is 17.0 Å². The smallest absolute Gasteiger partial charge is 0.319 e. The van der Waals surface area contributed by atoms with Gasteiger partial charge >= 0.3 is 6.03 Å². The third-order valence-electron chi connectivity index (χ3n) is 3.51. The van der Waals surface area contributed by atoms with E-state index in [9.17, 15) is 9.59 Å². The van der Waals surface area contributed by atoms with Gasteiger partial charge in [0.1, 0.15) is 5.15 Å². The predicted molar refractivity (Wildman–Crippen MR) is 88.6 cm³/mol. The number of hydrogen-bond donors (Lipinski definition) is 2. The van der Waals surface area contributed by atoms with Gasteiger partial charge in [0.05, 0.1) is 17.9 Å². The fourth-order valence-electron chi connectivity index (χ4n) is 2.46. The number of carbonyl (C=O) groups excluding carboxylic acids is 2. The van der Waals surface area contributed by atoms with Crippen LogP contribution in [0.25, 0.3) is 0 Å². The van der Waals surface area contributed by atoms with Gasteiger partial charge in [-0.3, -0.25) is 4.79 Å². The number of nitrogens with zero attached hydrogens (tertiary/aromatic N) is 2. The van der Waals surface area contributed by atoms with Crippen molar-refractivity contribution in [1.29, 1.82) is 0 Å². The van der Waals surface area contributed by atoms with Gasteiger partial charge in [0.15, 0.2) is 0 Å². The minimum Gasteiger partial charge on any atom is -0.333 e. The van der Waals surface area contributed by atoms with E-state index < -0.39 is 0 Å². The fraction of sp³-hybridized carbons (Fsp3) is 0.188. The lowest BCUT2D eigenvalue weighted by molar-refractivity contribution is -0.117. The molecule has 3 amide bonds. The second kappa shape index (κ2) is 6.66. The van der Waals surface area contributed by atoms with Crippen molar-refractivity contribution in [3.63, 3.8) is 0 Å². The SMILES string of the molecule is O=C(Nc1ccc(Cl)nc1)NC1CC(=O)N(c2ccccc2)C1. The van der Waals surface area contributed by atoms with E-state index >= 15 is 0 Å². The topological polar surface area (TPSA) is 74.3 Å². The maximum atomic E-state index is 12.1. The number of nitrogens with one attached hydrogen (secondary N) is 2. The number of hydrogen-bond acceptors (Lipinski definition) is 3. The number of pyridine rings is 1. The molecule has 6 nitrogen and oxygen atoms in total. The fourth-order valence-corrected chi connectivity index (χ4v) is 2.58. The van der Waals surface area contributed by atoms with Gasteiger partial charge in [0, 0.05) is 18.7 Å². The Labute approximate surface area is 138 Å². The maximum absolute atomic E-state index is 12.1. The summed E-state index contributed by atoms with van der Waals surface area (Å²) in [5.74, 6) is -0.00494. The van der Waals surface area contributed by atoms with Crippen molar-refractivity contribution < 1.29 is 9.59 Å². The Kier molecular flexibility index (Phi) is 4.43. The predicted octanol–water partition coefficient (Wildman–Crippen LogP) is 2.66. The highest BCUT2D eigenvalue weighted by Gasteiger charge is 2.31. The summed E-state index contributed by atoms with van der Waals surface area (Å²) in [6, 6.07) is 12.0. The van der Waals surface area contributed by atoms with E-state index in [1.807, 2.05) is 30.3 Å². The van der Waals surface area contributed by atoms with Crippen LogP contribution < -0.4 is 15.5 Å². The molecule has 1 aliphatic rings. The van der Waals surface area contributed by atoms with Crippen LogP contribution in [0, 0.1) is 0 Å². The summed E-state index contributed by atoms with van der Waals surface area (Å²) in [7, 11) is 0. The molecule has 0 bridgehead atoms. The van der Waals surface area contributed by atoms with E-state index in [2.05, 4.69) is 15.6 Å². The molecule has 0 saturated carbocycles. The van der Waals surface area contributed by atoms with Gasteiger partial charge in [0.2, 0.25) is 5.91 Å². The number of para-hydroxylation sites is 1. The molecule has 1 aromatic carbocycles. The van der Waals surface area contributed by atoms with E-state index in [4.69, 9.17) is 11.6 Å². The first-order valence-electron chi connectivity index (χ1n) is 7.16. The van der Waals surface area contributed by atoms with Gasteiger partial charge < -0.3 is 15.5 Å². The van der Waals surface area contributed by atoms with Gasteiger partial charge in [0.25, 0.3) is 0 Å². The summed E-state index contributed by atoms with van der Waals surface area (Å²) >= 11 is 5.69. The molecule has 3 rings (SSSR count). The van der Waals surface area contributed by atoms with Crippen LogP contribution in [0.3, 0.4) is 0 Å². The molecule has 0 aliphatic carbocycles. The van der Waals surface area contributed by atoms with Crippen LogP contribution in [0.1, 0.15) is 6.42 Å². The summed E-state index contributed by atoms with van der Waals surface area (Å²) < 4.78 is 0. The van der Waals surface area contributed by atoms with Crippen LogP contribution >= 0.6 is 11.6 Å². The Bertz CT molecular complexity index is 706. The second-order valence-electron chi connectivity index (χ2n) is 5.21. The van der Waals surface area contributed by atoms with Gasteiger partial charge in [-0.1, -0.05) is 29.8 Å². The largest absolute Gasteiger partial charge is 0.333 e. The Morgan fingerprint density at radius 2 is 2.00 bits per heavy atom. The first-order chi connectivity index (χ1) is 11.1. The summed E-state index contributed by atoms with van der Waals surface area (Å²) in [4.78, 5) is 29.6. The summed E-state index contributed by atoms with van der Waals surface area (Å²) in [5.41, 5.74) is 1.38. The highest BCUT2D eigenvalue weighted by Crippen LogP contribution is 2.21. The zero-order chi connectivity index (χ0) is 16.2. The minimum atomic E-state index is -0.373. The van der Waals surface area contributed by atoms with Gasteiger partial charge in [-0.05, 0) is 24.3 Å². The molecule has 1 atom stereocenters. The number of anilines is 2. The van der Waals surface area contributed by atoms with Gasteiger partial charge in [-0.15, -0.1) is 0 Å². The molecular weight excluding hydrogens is 316 g/mol. The molecule has 1 unspecified atom stereocenters. The average molecular weight is 331 g/mol. The molecule has 2 N–H and O–H groups in total. The summed E-state index contributed by atoms with van der Waals surface area (Å²) in [5, 5.41) is 5.82. The molecule has 1 aliphatic heterocycles. The number of rotatable bonds is 3. The van der Waals surface area contributed by atoms with E-state index in [0.717, 1.165) is 5.69 Å². The van der Waals surface area contributed by atoms with Crippen molar-refractivity contribution in [1.82, 2.24) is 10.3 Å². The normalized spacial score (nSPS) is 17.2. The van der Waals surface area contributed by atoms with E-state index in [1.165, 1.54) is 6.20 Å². The van der Waals surface area contributed by atoms with Crippen LogP contribution in [0.15, 0.2) is 48.7 Å². The van der Waals surface area contributed by atoms with Crippen molar-refractivity contribution in [2.24, 2.45) is 0 Å². The van der Waals surface area contributed by atoms with Crippen LogP contribution in [0.4, 0.5) is 16.2 Å². The zero-order valence-electron chi connectivity index (χ0n) is 12.2. The number of halogens is 1. The van der Waals surface area contributed by atoms with E-state index in [-0.39, 0.29) is 24.4 Å². The molecule has 2 aromatic rings. The Morgan fingerprint density at radius 1 is 1.22 bits per heavy atom. The lowest BCUT2D eigenvalue weighted by atomic mass is 10.2. The van der Waals surface area contributed by atoms with Gasteiger partial charge in [-0.25, -0.2) is 9.78 Å². The molecule has 1 saturated heterocycles. The van der Waals surface area contributed by atoms with Crippen molar-refractivity contribution in [3.8, 4) is 0 Å². The van der Waals surface area contributed by atoms with Crippen LogP contribution in [-0.4, -0.2) is 29.5 Å². The van der Waals surface area contributed by atoms with E-state index in [0.29, 0.717) is 17.4 Å². The highest BCUT2D eigenvalue weighted by molar-refractivity contribution is 6.29. The number of aromatic nitrogens is 1. The van der Waals surface area contributed by atoms with Crippen LogP contribution in [0.5, 0.6) is 0 Å². The number of urea groups is 1. The van der Waals surface area contributed by atoms with Crippen molar-refractivity contribution in [2.75, 3.05) is 16.8 Å². The number of carbonyl (C=O) groups is 2. The average Bonchev–Trinajstić information content (AvgIpc) is 2.91. The quantitative estimate of drug-likeness (QED) is 0.850. The van der Waals surface area contributed by atoms with Crippen molar-refractivity contribution >= 4 is 34.9 Å². The molecule has 23 heavy (non-hydrogen) atoms. The summed E-state index contributed by atoms with van der Waals surface area (Å²) in [6.07, 6.45) is 1.75. The molecule has 0 spiro atoms. The standard InChI is InChI=1S/C16H15ClN4O2/c17-14-7-6-11(9-18-14)19-16(23)20-12-8-15(22)21(10-12)13-4-2-1-3-5-13/h1-7,9,12H,8,10H2,(H2,19,20,23). The summed E-state index contributed by atoms with van der Waals surface area (Å²) in [6.45, 7) is 0.454. The Hall–Kier alpha value is -2.60. The Balaban J connectivity index is 1.57. The molecule has 118 valence electrons.